The van der Waals surface area contributed by atoms with Gasteiger partial charge in [-0.1, -0.05) is 34.1 Å². The SMILES string of the molecule is CC1(C)C(O)CCC2(C)C1CCC1(C)C3CCC4(CO)CCCC4C3CCC12. The maximum absolute atomic E-state index is 10.8. The average molecular weight is 389 g/mol. The Bertz CT molecular complexity index is 628. The molecule has 9 unspecified atom stereocenters. The highest BCUT2D eigenvalue weighted by Crippen LogP contribution is 2.72. The number of rotatable bonds is 1. The highest BCUT2D eigenvalue weighted by Gasteiger charge is 2.66. The molecule has 0 radical (unpaired) electrons. The molecular weight excluding hydrogens is 344 g/mol. The summed E-state index contributed by atoms with van der Waals surface area (Å²) in [5, 5.41) is 21.1. The molecule has 9 atom stereocenters. The standard InChI is InChI=1S/C26H44O2/c1-23(2)20-10-13-24(3)18-9-15-26(16-27)12-5-6-19(26)17(18)7-8-21(24)25(20,4)14-11-22(23)28/h17-22,27-28H,5-16H2,1-4H3. The molecule has 28 heavy (non-hydrogen) atoms. The minimum atomic E-state index is -0.121. The van der Waals surface area contributed by atoms with Gasteiger partial charge in [-0.2, -0.15) is 0 Å². The van der Waals surface area contributed by atoms with Crippen LogP contribution in [0.3, 0.4) is 0 Å². The third-order valence-electron chi connectivity index (χ3n) is 12.0. The van der Waals surface area contributed by atoms with Crippen LogP contribution in [0.15, 0.2) is 0 Å². The molecule has 0 heterocycles. The predicted octanol–water partition coefficient (Wildman–Crippen LogP) is 5.80. The van der Waals surface area contributed by atoms with Crippen LogP contribution in [0.25, 0.3) is 0 Å². The summed E-state index contributed by atoms with van der Waals surface area (Å²) in [5.41, 5.74) is 1.23. The number of hydrogen-bond acceptors (Lipinski definition) is 2. The monoisotopic (exact) mass is 388 g/mol. The van der Waals surface area contributed by atoms with Gasteiger partial charge in [0.25, 0.3) is 0 Å². The Hall–Kier alpha value is -0.0800. The van der Waals surface area contributed by atoms with Crippen molar-refractivity contribution in [2.45, 2.75) is 104 Å². The van der Waals surface area contributed by atoms with Gasteiger partial charge in [0.15, 0.2) is 0 Å². The van der Waals surface area contributed by atoms with Gasteiger partial charge in [-0.05, 0) is 115 Å². The van der Waals surface area contributed by atoms with Crippen molar-refractivity contribution in [3.63, 3.8) is 0 Å². The van der Waals surface area contributed by atoms with Crippen LogP contribution in [0.2, 0.25) is 0 Å². The fourth-order valence-electron chi connectivity index (χ4n) is 10.6. The lowest BCUT2D eigenvalue weighted by Crippen LogP contribution is -2.63. The quantitative estimate of drug-likeness (QED) is 0.595. The second-order valence-corrected chi connectivity index (χ2v) is 12.9. The Labute approximate surface area is 172 Å². The highest BCUT2D eigenvalue weighted by molar-refractivity contribution is 5.15. The normalized spacial score (nSPS) is 57.6. The van der Waals surface area contributed by atoms with Gasteiger partial charge in [0.2, 0.25) is 0 Å². The Balaban J connectivity index is 1.48. The lowest BCUT2D eigenvalue weighted by Gasteiger charge is -2.69. The molecule has 0 saturated heterocycles. The fourth-order valence-corrected chi connectivity index (χ4v) is 10.6. The molecule has 0 aromatic rings. The Morgan fingerprint density at radius 2 is 1.46 bits per heavy atom. The zero-order chi connectivity index (χ0) is 19.9. The van der Waals surface area contributed by atoms with Gasteiger partial charge in [0, 0.05) is 6.61 Å². The Morgan fingerprint density at radius 3 is 2.21 bits per heavy atom. The molecule has 160 valence electrons. The first kappa shape index (κ1) is 19.9. The summed E-state index contributed by atoms with van der Waals surface area (Å²) < 4.78 is 0. The first-order valence-electron chi connectivity index (χ1n) is 12.5. The third kappa shape index (κ3) is 2.34. The highest BCUT2D eigenvalue weighted by atomic mass is 16.3. The minimum Gasteiger partial charge on any atom is -0.396 e. The zero-order valence-corrected chi connectivity index (χ0v) is 18.8. The van der Waals surface area contributed by atoms with Gasteiger partial charge < -0.3 is 10.2 Å². The number of aliphatic hydroxyl groups is 2. The average Bonchev–Trinajstić information content (AvgIpc) is 3.10. The van der Waals surface area contributed by atoms with Crippen molar-refractivity contribution in [2.75, 3.05) is 6.61 Å². The molecule has 5 rings (SSSR count). The van der Waals surface area contributed by atoms with Crippen molar-refractivity contribution in [1.29, 1.82) is 0 Å². The largest absolute Gasteiger partial charge is 0.396 e. The first-order chi connectivity index (χ1) is 13.2. The summed E-state index contributed by atoms with van der Waals surface area (Å²) in [6.45, 7) is 10.4. The maximum Gasteiger partial charge on any atom is 0.0594 e. The summed E-state index contributed by atoms with van der Waals surface area (Å²) in [7, 11) is 0. The third-order valence-corrected chi connectivity index (χ3v) is 12.0. The zero-order valence-electron chi connectivity index (χ0n) is 18.8. The van der Waals surface area contributed by atoms with Crippen molar-refractivity contribution < 1.29 is 10.2 Å². The molecule has 0 aromatic carbocycles. The molecule has 5 aliphatic rings. The number of fused-ring (bicyclic) bond motifs is 7. The van der Waals surface area contributed by atoms with E-state index >= 15 is 0 Å². The molecule has 2 N–H and O–H groups in total. The molecule has 0 bridgehead atoms. The molecule has 0 amide bonds. The van der Waals surface area contributed by atoms with Crippen LogP contribution in [0.1, 0.15) is 98.3 Å². The molecule has 5 saturated carbocycles. The van der Waals surface area contributed by atoms with E-state index in [1.165, 1.54) is 64.2 Å². The number of hydrogen-bond donors (Lipinski definition) is 2. The lowest BCUT2D eigenvalue weighted by molar-refractivity contribution is -0.216. The van der Waals surface area contributed by atoms with Crippen molar-refractivity contribution in [1.82, 2.24) is 0 Å². The molecule has 2 heteroatoms. The van der Waals surface area contributed by atoms with Gasteiger partial charge in [-0.15, -0.1) is 0 Å². The summed E-state index contributed by atoms with van der Waals surface area (Å²) >= 11 is 0. The van der Waals surface area contributed by atoms with Crippen molar-refractivity contribution in [3.8, 4) is 0 Å². The van der Waals surface area contributed by atoms with Crippen molar-refractivity contribution >= 4 is 0 Å². The van der Waals surface area contributed by atoms with Crippen LogP contribution in [0.5, 0.6) is 0 Å². The molecular formula is C26H44O2. The van der Waals surface area contributed by atoms with Gasteiger partial charge in [-0.25, -0.2) is 0 Å². The van der Waals surface area contributed by atoms with Crippen LogP contribution in [-0.2, 0) is 0 Å². The van der Waals surface area contributed by atoms with Gasteiger partial charge >= 0.3 is 0 Å². The van der Waals surface area contributed by atoms with Crippen LogP contribution in [0.4, 0.5) is 0 Å². The van der Waals surface area contributed by atoms with Crippen LogP contribution in [-0.4, -0.2) is 22.9 Å². The van der Waals surface area contributed by atoms with E-state index in [4.69, 9.17) is 0 Å². The van der Waals surface area contributed by atoms with E-state index in [2.05, 4.69) is 27.7 Å². The smallest absolute Gasteiger partial charge is 0.0594 e. The second-order valence-electron chi connectivity index (χ2n) is 12.9. The molecule has 5 aliphatic carbocycles. The molecule has 0 spiro atoms. The molecule has 2 nitrogen and oxygen atoms in total. The Morgan fingerprint density at radius 1 is 0.714 bits per heavy atom. The predicted molar refractivity (Wildman–Crippen MR) is 114 cm³/mol. The summed E-state index contributed by atoms with van der Waals surface area (Å²) in [6.07, 6.45) is 14.2. The molecule has 0 aromatic heterocycles. The fraction of sp³-hybridized carbons (Fsp3) is 1.00. The van der Waals surface area contributed by atoms with Crippen LogP contribution in [0, 0.1) is 51.2 Å². The Kier molecular flexibility index (Phi) is 4.41. The van der Waals surface area contributed by atoms with Crippen LogP contribution < -0.4 is 0 Å². The van der Waals surface area contributed by atoms with E-state index in [-0.39, 0.29) is 16.9 Å². The maximum atomic E-state index is 10.8. The topological polar surface area (TPSA) is 40.5 Å². The van der Waals surface area contributed by atoms with E-state index in [1.807, 2.05) is 0 Å². The van der Waals surface area contributed by atoms with Crippen LogP contribution >= 0.6 is 0 Å². The lowest BCUT2D eigenvalue weighted by atomic mass is 9.36. The molecule has 0 aliphatic heterocycles. The van der Waals surface area contributed by atoms with Gasteiger partial charge in [0.05, 0.1) is 6.10 Å². The van der Waals surface area contributed by atoms with Gasteiger partial charge in [0.1, 0.15) is 0 Å². The molecule has 5 fully saturated rings. The van der Waals surface area contributed by atoms with E-state index in [0.717, 1.165) is 30.1 Å². The van der Waals surface area contributed by atoms with E-state index in [0.29, 0.717) is 23.4 Å². The first-order valence-corrected chi connectivity index (χ1v) is 12.5. The summed E-state index contributed by atoms with van der Waals surface area (Å²) in [4.78, 5) is 0. The van der Waals surface area contributed by atoms with Gasteiger partial charge in [-0.3, -0.25) is 0 Å². The number of aliphatic hydroxyl groups excluding tert-OH is 2. The van der Waals surface area contributed by atoms with E-state index in [1.54, 1.807) is 0 Å². The van der Waals surface area contributed by atoms with Crippen molar-refractivity contribution in [3.05, 3.63) is 0 Å². The summed E-state index contributed by atoms with van der Waals surface area (Å²) in [6, 6.07) is 0. The second kappa shape index (κ2) is 6.22. The summed E-state index contributed by atoms with van der Waals surface area (Å²) in [5.74, 6) is 4.04. The van der Waals surface area contributed by atoms with E-state index < -0.39 is 0 Å². The van der Waals surface area contributed by atoms with Crippen molar-refractivity contribution in [2.24, 2.45) is 51.2 Å². The van der Waals surface area contributed by atoms with E-state index in [9.17, 15) is 10.2 Å². The minimum absolute atomic E-state index is 0.0647.